The molecule has 1 aliphatic rings. The van der Waals surface area contributed by atoms with Crippen molar-refractivity contribution in [1.82, 2.24) is 14.9 Å². The van der Waals surface area contributed by atoms with Gasteiger partial charge in [-0.25, -0.2) is 4.98 Å². The zero-order valence-corrected chi connectivity index (χ0v) is 18.6. The third-order valence-electron chi connectivity index (χ3n) is 6.20. The molecule has 0 spiro atoms. The van der Waals surface area contributed by atoms with Crippen LogP contribution in [0, 0.1) is 11.8 Å². The number of ether oxygens (including phenoxy) is 2. The van der Waals surface area contributed by atoms with Gasteiger partial charge in [0.25, 0.3) is 0 Å². The fraction of sp³-hybridized carbons (Fsp3) is 0.417. The molecule has 0 unspecified atom stereocenters. The van der Waals surface area contributed by atoms with Crippen molar-refractivity contribution in [3.63, 3.8) is 0 Å². The number of carbonyl (C=O) groups is 1. The Balaban J connectivity index is 1.51. The molecular weight excluding hydrogens is 451 g/mol. The number of alkyl halides is 3. The summed E-state index contributed by atoms with van der Waals surface area (Å²) in [6, 6.07) is 11.6. The number of imidazole rings is 1. The van der Waals surface area contributed by atoms with E-state index < -0.39 is 12.3 Å². The monoisotopic (exact) mass is 477 g/mol. The summed E-state index contributed by atoms with van der Waals surface area (Å²) in [6.07, 6.45) is -3.56. The van der Waals surface area contributed by atoms with E-state index in [1.165, 1.54) is 12.1 Å². The first-order valence-electron chi connectivity index (χ1n) is 11.0. The first-order valence-corrected chi connectivity index (χ1v) is 11.0. The number of piperidine rings is 1. The molecule has 1 aromatic heterocycles. The Bertz CT molecular complexity index is 1150. The smallest absolute Gasteiger partial charge is 0.497 e. The van der Waals surface area contributed by atoms with Crippen molar-refractivity contribution in [1.29, 1.82) is 0 Å². The van der Waals surface area contributed by atoms with Gasteiger partial charge in [0.2, 0.25) is 0 Å². The van der Waals surface area contributed by atoms with Crippen LogP contribution in [0.15, 0.2) is 42.5 Å². The second-order valence-corrected chi connectivity index (χ2v) is 8.57. The molecule has 4 rings (SSSR count). The molecule has 2 atom stereocenters. The standard InChI is InChI=1S/C24H26F3N3O4/c1-33-18-6-7-19-20(12-18)29-22(28-19)10-17-14-30(9-8-15(17)11-23(31)32)13-16-4-2-3-5-21(16)34-24(25,26)27/h2-7,12,15,17H,8-11,13-14H2,1H3,(H,28,29)(H,31,32)/t15-,17-/m0/s1. The van der Waals surface area contributed by atoms with E-state index >= 15 is 0 Å². The summed E-state index contributed by atoms with van der Waals surface area (Å²) in [5.41, 5.74) is 2.05. The maximum atomic E-state index is 12.8. The number of carboxylic acids is 1. The Labute approximate surface area is 194 Å². The van der Waals surface area contributed by atoms with Gasteiger partial charge in [0, 0.05) is 37.6 Å². The maximum absolute atomic E-state index is 12.8. The average Bonchev–Trinajstić information content (AvgIpc) is 3.17. The number of nitrogens with zero attached hydrogens (tertiary/aromatic N) is 2. The minimum absolute atomic E-state index is 0.0250. The van der Waals surface area contributed by atoms with E-state index in [1.807, 2.05) is 23.1 Å². The van der Waals surface area contributed by atoms with Gasteiger partial charge in [0.05, 0.1) is 18.1 Å². The third-order valence-corrected chi connectivity index (χ3v) is 6.20. The molecule has 2 N–H and O–H groups in total. The lowest BCUT2D eigenvalue weighted by atomic mass is 9.81. The van der Waals surface area contributed by atoms with E-state index in [4.69, 9.17) is 4.74 Å². The predicted molar refractivity (Wildman–Crippen MR) is 119 cm³/mol. The van der Waals surface area contributed by atoms with E-state index in [-0.39, 0.29) is 30.6 Å². The van der Waals surface area contributed by atoms with Crippen molar-refractivity contribution in [2.24, 2.45) is 11.8 Å². The lowest BCUT2D eigenvalue weighted by Crippen LogP contribution is -2.41. The van der Waals surface area contributed by atoms with Crippen molar-refractivity contribution in [3.05, 3.63) is 53.9 Å². The van der Waals surface area contributed by atoms with Gasteiger partial charge >= 0.3 is 12.3 Å². The molecule has 34 heavy (non-hydrogen) atoms. The summed E-state index contributed by atoms with van der Waals surface area (Å²) in [5, 5.41) is 9.39. The number of H-pyrrole nitrogens is 1. The normalized spacial score (nSPS) is 19.3. The minimum Gasteiger partial charge on any atom is -0.497 e. The summed E-state index contributed by atoms with van der Waals surface area (Å²) < 4.78 is 47.9. The highest BCUT2D eigenvalue weighted by atomic mass is 19.4. The number of halogens is 3. The largest absolute Gasteiger partial charge is 0.573 e. The number of para-hydroxylation sites is 1. The zero-order chi connectivity index (χ0) is 24.3. The summed E-state index contributed by atoms with van der Waals surface area (Å²) >= 11 is 0. The Morgan fingerprint density at radius 1 is 1.24 bits per heavy atom. The molecule has 182 valence electrons. The average molecular weight is 477 g/mol. The van der Waals surface area contributed by atoms with Gasteiger partial charge in [-0.15, -0.1) is 13.2 Å². The van der Waals surface area contributed by atoms with Gasteiger partial charge in [-0.2, -0.15) is 0 Å². The fourth-order valence-electron chi connectivity index (χ4n) is 4.64. The molecule has 3 aromatic rings. The summed E-state index contributed by atoms with van der Waals surface area (Å²) in [7, 11) is 1.59. The van der Waals surface area contributed by atoms with E-state index in [9.17, 15) is 23.1 Å². The second kappa shape index (κ2) is 9.92. The first-order chi connectivity index (χ1) is 16.2. The molecule has 0 aliphatic carbocycles. The number of aliphatic carboxylic acids is 1. The van der Waals surface area contributed by atoms with Crippen LogP contribution in [0.3, 0.4) is 0 Å². The number of fused-ring (bicyclic) bond motifs is 1. The first kappa shape index (κ1) is 23.9. The number of hydrogen-bond acceptors (Lipinski definition) is 5. The molecule has 1 aliphatic heterocycles. The van der Waals surface area contributed by atoms with Gasteiger partial charge in [-0.05, 0) is 43.0 Å². The summed E-state index contributed by atoms with van der Waals surface area (Å²) in [6.45, 7) is 1.41. The molecular formula is C24H26F3N3O4. The molecule has 10 heteroatoms. The lowest BCUT2D eigenvalue weighted by molar-refractivity contribution is -0.275. The Morgan fingerprint density at radius 2 is 2.03 bits per heavy atom. The van der Waals surface area contributed by atoms with E-state index in [2.05, 4.69) is 14.7 Å². The van der Waals surface area contributed by atoms with Crippen molar-refractivity contribution < 1.29 is 32.5 Å². The molecule has 1 fully saturated rings. The van der Waals surface area contributed by atoms with E-state index in [0.717, 1.165) is 16.9 Å². The maximum Gasteiger partial charge on any atom is 0.573 e. The van der Waals surface area contributed by atoms with Crippen LogP contribution in [0.2, 0.25) is 0 Å². The van der Waals surface area contributed by atoms with Crippen LogP contribution in [0.25, 0.3) is 11.0 Å². The Hall–Kier alpha value is -3.27. The zero-order valence-electron chi connectivity index (χ0n) is 18.6. The number of hydrogen-bond donors (Lipinski definition) is 2. The number of methoxy groups -OCH3 is 1. The van der Waals surface area contributed by atoms with Crippen molar-refractivity contribution in [3.8, 4) is 11.5 Å². The number of carboxylic acid groups (broad SMARTS) is 1. The SMILES string of the molecule is COc1ccc2nc(C[C@H]3CN(Cc4ccccc4OC(F)(F)F)CC[C@H]3CC(=O)O)[nH]c2c1. The third kappa shape index (κ3) is 5.99. The highest BCUT2D eigenvalue weighted by Gasteiger charge is 2.34. The van der Waals surface area contributed by atoms with Gasteiger partial charge in [-0.3, -0.25) is 9.69 Å². The van der Waals surface area contributed by atoms with Crippen molar-refractivity contribution in [2.75, 3.05) is 20.2 Å². The van der Waals surface area contributed by atoms with E-state index in [0.29, 0.717) is 37.2 Å². The fourth-order valence-corrected chi connectivity index (χ4v) is 4.64. The number of rotatable bonds is 8. The van der Waals surface area contributed by atoms with Crippen LogP contribution in [0.4, 0.5) is 13.2 Å². The molecule has 2 aromatic carbocycles. The van der Waals surface area contributed by atoms with Gasteiger partial charge in [0.1, 0.15) is 17.3 Å². The quantitative estimate of drug-likeness (QED) is 0.492. The van der Waals surface area contributed by atoms with Crippen LogP contribution in [-0.4, -0.2) is 52.5 Å². The molecule has 0 saturated carbocycles. The van der Waals surface area contributed by atoms with Gasteiger partial charge in [0.15, 0.2) is 0 Å². The number of nitrogens with one attached hydrogen (secondary N) is 1. The molecule has 0 bridgehead atoms. The second-order valence-electron chi connectivity index (χ2n) is 8.57. The van der Waals surface area contributed by atoms with Crippen LogP contribution in [0.5, 0.6) is 11.5 Å². The number of benzene rings is 2. The summed E-state index contributed by atoms with van der Waals surface area (Å²) in [4.78, 5) is 21.4. The van der Waals surface area contributed by atoms with Gasteiger partial charge < -0.3 is 19.6 Å². The topological polar surface area (TPSA) is 87.7 Å². The number of likely N-dealkylation sites (tertiary alicyclic amines) is 1. The number of aromatic nitrogens is 2. The predicted octanol–water partition coefficient (Wildman–Crippen LogP) is 4.63. The van der Waals surface area contributed by atoms with E-state index in [1.54, 1.807) is 19.2 Å². The molecule has 7 nitrogen and oxygen atoms in total. The molecule has 1 saturated heterocycles. The number of aromatic amines is 1. The van der Waals surface area contributed by atoms with Crippen molar-refractivity contribution >= 4 is 17.0 Å². The molecule has 0 amide bonds. The van der Waals surface area contributed by atoms with Crippen LogP contribution in [-0.2, 0) is 17.8 Å². The highest BCUT2D eigenvalue weighted by Crippen LogP contribution is 2.33. The summed E-state index contributed by atoms with van der Waals surface area (Å²) in [5.74, 6) is 0.287. The molecule has 2 heterocycles. The minimum atomic E-state index is -4.77. The van der Waals surface area contributed by atoms with Crippen LogP contribution < -0.4 is 9.47 Å². The Morgan fingerprint density at radius 3 is 2.76 bits per heavy atom. The highest BCUT2D eigenvalue weighted by molar-refractivity contribution is 5.76. The van der Waals surface area contributed by atoms with Crippen LogP contribution >= 0.6 is 0 Å². The lowest BCUT2D eigenvalue weighted by Gasteiger charge is -2.38. The van der Waals surface area contributed by atoms with Gasteiger partial charge in [-0.1, -0.05) is 18.2 Å². The molecule has 0 radical (unpaired) electrons. The van der Waals surface area contributed by atoms with Crippen LogP contribution in [0.1, 0.15) is 24.2 Å². The van der Waals surface area contributed by atoms with Crippen molar-refractivity contribution in [2.45, 2.75) is 32.2 Å². The Kier molecular flexibility index (Phi) is 6.97.